The lowest BCUT2D eigenvalue weighted by Crippen LogP contribution is -2.16. The Morgan fingerprint density at radius 3 is 2.21 bits per heavy atom. The molecule has 0 aliphatic heterocycles. The predicted octanol–water partition coefficient (Wildman–Crippen LogP) is 2.87. The van der Waals surface area contributed by atoms with E-state index in [9.17, 15) is 4.79 Å². The maximum atomic E-state index is 11.5. The summed E-state index contributed by atoms with van der Waals surface area (Å²) in [5.74, 6) is 0. The number of hydrogen-bond donors (Lipinski definition) is 2. The van der Waals surface area contributed by atoms with E-state index in [0.717, 1.165) is 5.69 Å². The van der Waals surface area contributed by atoms with E-state index in [1.807, 2.05) is 0 Å². The van der Waals surface area contributed by atoms with Crippen molar-refractivity contribution < 1.29 is 28.8 Å². The Labute approximate surface area is 140 Å². The molecule has 0 bridgehead atoms. The molecule has 0 saturated carbocycles. The lowest BCUT2D eigenvalue weighted by atomic mass is 10.3. The summed E-state index contributed by atoms with van der Waals surface area (Å²) in [5.41, 5.74) is 1.41. The minimum atomic E-state index is -0.554. The fourth-order valence-electron chi connectivity index (χ4n) is 1.47. The highest BCUT2D eigenvalue weighted by Crippen LogP contribution is 2.13. The monoisotopic (exact) mass is 338 g/mol. The summed E-state index contributed by atoms with van der Waals surface area (Å²) in [6, 6.07) is 7.01. The van der Waals surface area contributed by atoms with E-state index >= 15 is 0 Å². The number of anilines is 2. The minimum absolute atomic E-state index is 0.146. The van der Waals surface area contributed by atoms with Crippen molar-refractivity contribution in [1.29, 1.82) is 0 Å². The van der Waals surface area contributed by atoms with Gasteiger partial charge in [0.25, 0.3) is 0 Å². The Hall–Kier alpha value is -2.71. The van der Waals surface area contributed by atoms with Gasteiger partial charge < -0.3 is 19.5 Å². The quantitative estimate of drug-likeness (QED) is 0.188. The molecule has 0 radical (unpaired) electrons. The molecule has 0 unspecified atom stereocenters. The van der Waals surface area contributed by atoms with Gasteiger partial charge in [-0.15, -0.1) is 0 Å². The van der Waals surface area contributed by atoms with Gasteiger partial charge in [0.2, 0.25) is 0 Å². The topological polar surface area (TPSA) is 87.3 Å². The van der Waals surface area contributed by atoms with Crippen LogP contribution in [0.1, 0.15) is 0 Å². The van der Waals surface area contributed by atoms with Gasteiger partial charge >= 0.3 is 6.09 Å². The standard InChI is InChI=1S/C16H22N2O6/c1-3-20-9-11-22-16(19)18-15-7-5-14(6-8-15)17-13-24-23-12-10-21-4-2/h3-8,17H,1-2,9-13H2,(H,18,19). The van der Waals surface area contributed by atoms with Gasteiger partial charge in [0, 0.05) is 11.4 Å². The third-order valence-corrected chi connectivity index (χ3v) is 2.50. The second-order valence-corrected chi connectivity index (χ2v) is 4.17. The number of carbonyl (C=O) groups is 1. The number of ether oxygens (including phenoxy) is 3. The molecule has 0 heterocycles. The molecule has 0 aromatic heterocycles. The maximum absolute atomic E-state index is 11.5. The van der Waals surface area contributed by atoms with Gasteiger partial charge in [0.05, 0.1) is 12.5 Å². The zero-order chi connectivity index (χ0) is 17.5. The van der Waals surface area contributed by atoms with Crippen LogP contribution in [0.5, 0.6) is 0 Å². The molecule has 1 rings (SSSR count). The summed E-state index contributed by atoms with van der Waals surface area (Å²) in [6.07, 6.45) is 2.07. The van der Waals surface area contributed by atoms with E-state index in [0.29, 0.717) is 18.9 Å². The Morgan fingerprint density at radius 1 is 0.917 bits per heavy atom. The number of carbonyl (C=O) groups excluding carboxylic acids is 1. The first-order chi connectivity index (χ1) is 11.8. The molecule has 8 nitrogen and oxygen atoms in total. The Bertz CT molecular complexity index is 492. The van der Waals surface area contributed by atoms with Crippen LogP contribution in [0.2, 0.25) is 0 Å². The van der Waals surface area contributed by atoms with Crippen LogP contribution in [0.25, 0.3) is 0 Å². The first-order valence-electron chi connectivity index (χ1n) is 7.23. The molecule has 24 heavy (non-hydrogen) atoms. The van der Waals surface area contributed by atoms with Crippen LogP contribution in [0.3, 0.4) is 0 Å². The fourth-order valence-corrected chi connectivity index (χ4v) is 1.47. The first-order valence-corrected chi connectivity index (χ1v) is 7.23. The average Bonchev–Trinajstić information content (AvgIpc) is 2.59. The molecule has 1 aromatic carbocycles. The van der Waals surface area contributed by atoms with Crippen molar-refractivity contribution in [1.82, 2.24) is 0 Å². The lowest BCUT2D eigenvalue weighted by Gasteiger charge is -2.09. The fraction of sp³-hybridized carbons (Fsp3) is 0.312. The van der Waals surface area contributed by atoms with Crippen molar-refractivity contribution in [3.63, 3.8) is 0 Å². The third kappa shape index (κ3) is 9.34. The highest BCUT2D eigenvalue weighted by Gasteiger charge is 2.03. The van der Waals surface area contributed by atoms with Crippen molar-refractivity contribution in [2.24, 2.45) is 0 Å². The molecular weight excluding hydrogens is 316 g/mol. The van der Waals surface area contributed by atoms with E-state index < -0.39 is 6.09 Å². The first kappa shape index (κ1) is 19.3. The van der Waals surface area contributed by atoms with E-state index in [2.05, 4.69) is 23.8 Å². The molecule has 0 atom stereocenters. The molecule has 1 amide bonds. The van der Waals surface area contributed by atoms with Gasteiger partial charge in [0.15, 0.2) is 6.73 Å². The SMILES string of the molecule is C=COCCOOCNc1ccc(NC(=O)OCCOC=C)cc1. The highest BCUT2D eigenvalue weighted by atomic mass is 17.2. The molecule has 0 fully saturated rings. The summed E-state index contributed by atoms with van der Waals surface area (Å²) < 4.78 is 14.6. The molecule has 2 N–H and O–H groups in total. The van der Waals surface area contributed by atoms with Crippen LogP contribution >= 0.6 is 0 Å². The van der Waals surface area contributed by atoms with Gasteiger partial charge in [0.1, 0.15) is 26.4 Å². The van der Waals surface area contributed by atoms with E-state index in [1.54, 1.807) is 24.3 Å². The molecule has 0 spiro atoms. The summed E-state index contributed by atoms with van der Waals surface area (Å²) in [6.45, 7) is 8.05. The third-order valence-electron chi connectivity index (χ3n) is 2.50. The van der Waals surface area contributed by atoms with Gasteiger partial charge in [-0.05, 0) is 24.3 Å². The normalized spacial score (nSPS) is 9.67. The summed E-state index contributed by atoms with van der Waals surface area (Å²) in [5, 5.41) is 5.58. The second kappa shape index (κ2) is 12.8. The number of amides is 1. The van der Waals surface area contributed by atoms with E-state index in [4.69, 9.17) is 24.0 Å². The van der Waals surface area contributed by atoms with Crippen molar-refractivity contribution in [2.45, 2.75) is 0 Å². The van der Waals surface area contributed by atoms with Crippen LogP contribution in [0.4, 0.5) is 16.2 Å². The van der Waals surface area contributed by atoms with E-state index in [-0.39, 0.29) is 19.9 Å². The minimum Gasteiger partial charge on any atom is -0.499 e. The molecule has 1 aromatic rings. The van der Waals surface area contributed by atoms with Crippen LogP contribution in [0.15, 0.2) is 49.9 Å². The largest absolute Gasteiger partial charge is 0.499 e. The second-order valence-electron chi connectivity index (χ2n) is 4.17. The number of nitrogens with one attached hydrogen (secondary N) is 2. The zero-order valence-electron chi connectivity index (χ0n) is 13.4. The number of benzene rings is 1. The van der Waals surface area contributed by atoms with Gasteiger partial charge in [-0.2, -0.15) is 0 Å². The molecule has 132 valence electrons. The smallest absolute Gasteiger partial charge is 0.411 e. The van der Waals surface area contributed by atoms with Gasteiger partial charge in [-0.1, -0.05) is 13.2 Å². The Morgan fingerprint density at radius 2 is 1.54 bits per heavy atom. The molecule has 0 saturated heterocycles. The Kier molecular flexibility index (Phi) is 10.3. The lowest BCUT2D eigenvalue weighted by molar-refractivity contribution is -0.292. The van der Waals surface area contributed by atoms with Crippen LogP contribution in [-0.4, -0.2) is 39.3 Å². The van der Waals surface area contributed by atoms with Crippen molar-refractivity contribution in [3.05, 3.63) is 49.9 Å². The molecule has 0 aliphatic carbocycles. The average molecular weight is 338 g/mol. The molecule has 8 heteroatoms. The van der Waals surface area contributed by atoms with E-state index in [1.165, 1.54) is 12.5 Å². The summed E-state index contributed by atoms with van der Waals surface area (Å²) in [4.78, 5) is 21.3. The molecular formula is C16H22N2O6. The summed E-state index contributed by atoms with van der Waals surface area (Å²) in [7, 11) is 0. The van der Waals surface area contributed by atoms with Crippen molar-refractivity contribution in [3.8, 4) is 0 Å². The van der Waals surface area contributed by atoms with Crippen LogP contribution in [-0.2, 0) is 24.0 Å². The number of rotatable bonds is 13. The van der Waals surface area contributed by atoms with Crippen LogP contribution < -0.4 is 10.6 Å². The zero-order valence-corrected chi connectivity index (χ0v) is 13.4. The van der Waals surface area contributed by atoms with Gasteiger partial charge in [-0.25, -0.2) is 14.6 Å². The highest BCUT2D eigenvalue weighted by molar-refractivity contribution is 5.84. The van der Waals surface area contributed by atoms with Crippen LogP contribution in [0, 0.1) is 0 Å². The molecule has 0 aliphatic rings. The van der Waals surface area contributed by atoms with Gasteiger partial charge in [-0.3, -0.25) is 5.32 Å². The Balaban J connectivity index is 2.17. The maximum Gasteiger partial charge on any atom is 0.411 e. The van der Waals surface area contributed by atoms with Crippen molar-refractivity contribution in [2.75, 3.05) is 43.8 Å². The van der Waals surface area contributed by atoms with Crippen molar-refractivity contribution >= 4 is 17.5 Å². The predicted molar refractivity (Wildman–Crippen MR) is 89.2 cm³/mol. The number of hydrogen-bond acceptors (Lipinski definition) is 7. The summed E-state index contributed by atoms with van der Waals surface area (Å²) >= 11 is 0.